The van der Waals surface area contributed by atoms with Crippen molar-refractivity contribution >= 4 is 28.9 Å². The lowest BCUT2D eigenvalue weighted by Gasteiger charge is -2.16. The molecule has 1 aromatic carbocycles. The van der Waals surface area contributed by atoms with E-state index in [1.807, 2.05) is 12.1 Å². The summed E-state index contributed by atoms with van der Waals surface area (Å²) in [7, 11) is 0. The van der Waals surface area contributed by atoms with Crippen LogP contribution in [0.3, 0.4) is 0 Å². The first-order valence-electron chi connectivity index (χ1n) is 5.37. The molecule has 82 valence electrons. The van der Waals surface area contributed by atoms with Crippen LogP contribution >= 0.6 is 23.2 Å². The molecule has 0 aromatic heterocycles. The number of benzene rings is 1. The van der Waals surface area contributed by atoms with Crippen molar-refractivity contribution in [1.29, 1.82) is 0 Å². The summed E-state index contributed by atoms with van der Waals surface area (Å²) >= 11 is 12.0. The van der Waals surface area contributed by atoms with E-state index in [2.05, 4.69) is 12.2 Å². The maximum atomic E-state index is 6.07. The van der Waals surface area contributed by atoms with Crippen LogP contribution in [0.4, 0.5) is 5.69 Å². The van der Waals surface area contributed by atoms with Crippen LogP contribution in [0.1, 0.15) is 26.2 Å². The zero-order valence-electron chi connectivity index (χ0n) is 8.76. The normalized spacial score (nSPS) is 17.5. The highest BCUT2D eigenvalue weighted by molar-refractivity contribution is 6.35. The molecule has 0 bridgehead atoms. The van der Waals surface area contributed by atoms with Gasteiger partial charge in [-0.25, -0.2) is 0 Å². The number of hydrogen-bond acceptors (Lipinski definition) is 1. The number of rotatable bonds is 4. The molecule has 1 unspecified atom stereocenters. The monoisotopic (exact) mass is 243 g/mol. The van der Waals surface area contributed by atoms with Crippen LogP contribution in [0.2, 0.25) is 10.0 Å². The van der Waals surface area contributed by atoms with Crippen molar-refractivity contribution in [2.75, 3.05) is 5.32 Å². The largest absolute Gasteiger partial charge is 0.381 e. The first-order chi connectivity index (χ1) is 7.15. The van der Waals surface area contributed by atoms with Crippen LogP contribution in [0.25, 0.3) is 0 Å². The minimum Gasteiger partial charge on any atom is -0.381 e. The van der Waals surface area contributed by atoms with Gasteiger partial charge in [-0.3, -0.25) is 0 Å². The highest BCUT2D eigenvalue weighted by Crippen LogP contribution is 2.35. The highest BCUT2D eigenvalue weighted by atomic mass is 35.5. The molecule has 0 radical (unpaired) electrons. The van der Waals surface area contributed by atoms with Crippen LogP contribution in [-0.2, 0) is 0 Å². The molecule has 3 heteroatoms. The van der Waals surface area contributed by atoms with Crippen LogP contribution in [0.5, 0.6) is 0 Å². The first kappa shape index (κ1) is 11.1. The minimum absolute atomic E-state index is 0.466. The quantitative estimate of drug-likeness (QED) is 0.816. The van der Waals surface area contributed by atoms with Crippen LogP contribution in [0.15, 0.2) is 18.2 Å². The van der Waals surface area contributed by atoms with Crippen LogP contribution in [0, 0.1) is 5.92 Å². The van der Waals surface area contributed by atoms with Crippen molar-refractivity contribution in [2.45, 2.75) is 32.2 Å². The Labute approximate surface area is 101 Å². The average molecular weight is 244 g/mol. The van der Waals surface area contributed by atoms with E-state index in [9.17, 15) is 0 Å². The van der Waals surface area contributed by atoms with E-state index in [0.29, 0.717) is 6.04 Å². The van der Waals surface area contributed by atoms with E-state index in [-0.39, 0.29) is 0 Å². The summed E-state index contributed by atoms with van der Waals surface area (Å²) in [6, 6.07) is 5.98. The number of hydrogen-bond donors (Lipinski definition) is 1. The van der Waals surface area contributed by atoms with E-state index in [1.165, 1.54) is 19.3 Å². The standard InChI is InChI=1S/C12H15Cl2N/c1-8(6-9-2-3-9)15-12-7-10(13)4-5-11(12)14/h4-5,7-9,15H,2-3,6H2,1H3. The Bertz CT molecular complexity index is 347. The molecule has 0 spiro atoms. The second kappa shape index (κ2) is 4.63. The number of halogens is 2. The first-order valence-corrected chi connectivity index (χ1v) is 6.12. The summed E-state index contributed by atoms with van der Waals surface area (Å²) < 4.78 is 0. The smallest absolute Gasteiger partial charge is 0.0638 e. The molecule has 1 nitrogen and oxygen atoms in total. The Balaban J connectivity index is 1.98. The van der Waals surface area contributed by atoms with Gasteiger partial charge in [0.25, 0.3) is 0 Å². The Kier molecular flexibility index (Phi) is 3.42. The molecule has 1 N–H and O–H groups in total. The molecular weight excluding hydrogens is 229 g/mol. The second-order valence-corrected chi connectivity index (χ2v) is 5.19. The molecule has 0 saturated heterocycles. The third-order valence-electron chi connectivity index (χ3n) is 2.71. The Morgan fingerprint density at radius 2 is 2.13 bits per heavy atom. The molecule has 15 heavy (non-hydrogen) atoms. The van der Waals surface area contributed by atoms with Crippen molar-refractivity contribution in [3.05, 3.63) is 28.2 Å². The van der Waals surface area contributed by atoms with E-state index in [0.717, 1.165) is 21.7 Å². The molecule has 0 heterocycles. The second-order valence-electron chi connectivity index (χ2n) is 4.35. The molecule has 1 fully saturated rings. The molecule has 2 rings (SSSR count). The van der Waals surface area contributed by atoms with E-state index in [4.69, 9.17) is 23.2 Å². The number of nitrogens with one attached hydrogen (secondary N) is 1. The Morgan fingerprint density at radius 1 is 1.40 bits per heavy atom. The molecular formula is C12H15Cl2N. The maximum Gasteiger partial charge on any atom is 0.0638 e. The third-order valence-corrected chi connectivity index (χ3v) is 3.28. The predicted molar refractivity (Wildman–Crippen MR) is 66.9 cm³/mol. The van der Waals surface area contributed by atoms with Crippen molar-refractivity contribution < 1.29 is 0 Å². The van der Waals surface area contributed by atoms with Gasteiger partial charge < -0.3 is 5.32 Å². The predicted octanol–water partition coefficient (Wildman–Crippen LogP) is 4.59. The molecule has 1 saturated carbocycles. The zero-order chi connectivity index (χ0) is 10.8. The van der Waals surface area contributed by atoms with Crippen molar-refractivity contribution in [3.8, 4) is 0 Å². The maximum absolute atomic E-state index is 6.07. The van der Waals surface area contributed by atoms with Gasteiger partial charge in [-0.2, -0.15) is 0 Å². The molecule has 1 aliphatic rings. The fourth-order valence-electron chi connectivity index (χ4n) is 1.79. The van der Waals surface area contributed by atoms with E-state index >= 15 is 0 Å². The summed E-state index contributed by atoms with van der Waals surface area (Å²) in [5.74, 6) is 0.922. The van der Waals surface area contributed by atoms with Gasteiger partial charge in [0.1, 0.15) is 0 Å². The lowest BCUT2D eigenvalue weighted by atomic mass is 10.1. The van der Waals surface area contributed by atoms with E-state index < -0.39 is 0 Å². The topological polar surface area (TPSA) is 12.0 Å². The summed E-state index contributed by atoms with van der Waals surface area (Å²) in [5.41, 5.74) is 0.942. The highest BCUT2D eigenvalue weighted by Gasteiger charge is 2.23. The zero-order valence-corrected chi connectivity index (χ0v) is 10.3. The number of anilines is 1. The van der Waals surface area contributed by atoms with E-state index in [1.54, 1.807) is 6.07 Å². The summed E-state index contributed by atoms with van der Waals surface area (Å²) in [5, 5.41) is 4.87. The third kappa shape index (κ3) is 3.29. The molecule has 1 aliphatic carbocycles. The van der Waals surface area contributed by atoms with Gasteiger partial charge in [0.05, 0.1) is 10.7 Å². The fourth-order valence-corrected chi connectivity index (χ4v) is 2.13. The molecule has 1 aromatic rings. The van der Waals surface area contributed by atoms with Gasteiger partial charge in [0.15, 0.2) is 0 Å². The van der Waals surface area contributed by atoms with Crippen molar-refractivity contribution in [3.63, 3.8) is 0 Å². The van der Waals surface area contributed by atoms with Crippen LogP contribution in [-0.4, -0.2) is 6.04 Å². The lowest BCUT2D eigenvalue weighted by Crippen LogP contribution is -2.15. The summed E-state index contributed by atoms with van der Waals surface area (Å²) in [4.78, 5) is 0. The summed E-state index contributed by atoms with van der Waals surface area (Å²) in [6.45, 7) is 2.19. The van der Waals surface area contributed by atoms with Gasteiger partial charge in [-0.05, 0) is 37.5 Å². The van der Waals surface area contributed by atoms with Gasteiger partial charge in [0.2, 0.25) is 0 Å². The van der Waals surface area contributed by atoms with Gasteiger partial charge in [-0.1, -0.05) is 36.0 Å². The van der Waals surface area contributed by atoms with Gasteiger partial charge >= 0.3 is 0 Å². The molecule has 0 aliphatic heterocycles. The fraction of sp³-hybridized carbons (Fsp3) is 0.500. The van der Waals surface area contributed by atoms with Gasteiger partial charge in [-0.15, -0.1) is 0 Å². The van der Waals surface area contributed by atoms with Crippen LogP contribution < -0.4 is 5.32 Å². The molecule has 0 amide bonds. The van der Waals surface area contributed by atoms with Crippen molar-refractivity contribution in [1.82, 2.24) is 0 Å². The average Bonchev–Trinajstić information content (AvgIpc) is 2.95. The Morgan fingerprint density at radius 3 is 2.80 bits per heavy atom. The SMILES string of the molecule is CC(CC1CC1)Nc1cc(Cl)ccc1Cl. The minimum atomic E-state index is 0.466. The molecule has 1 atom stereocenters. The lowest BCUT2D eigenvalue weighted by molar-refractivity contribution is 0.642. The van der Waals surface area contributed by atoms with Gasteiger partial charge in [0, 0.05) is 11.1 Å². The summed E-state index contributed by atoms with van der Waals surface area (Å²) in [6.07, 6.45) is 3.99. The Hall–Kier alpha value is -0.400. The van der Waals surface area contributed by atoms with Crippen molar-refractivity contribution in [2.24, 2.45) is 5.92 Å².